The Balaban J connectivity index is 1.16. The van der Waals surface area contributed by atoms with E-state index in [0.717, 1.165) is 82.8 Å². The lowest BCUT2D eigenvalue weighted by Crippen LogP contribution is -2.00. The van der Waals surface area contributed by atoms with Gasteiger partial charge in [-0.2, -0.15) is 0 Å². The number of rotatable bonds is 5. The lowest BCUT2D eigenvalue weighted by Gasteiger charge is -2.11. The molecule has 3 aromatic heterocycles. The van der Waals surface area contributed by atoms with Crippen LogP contribution >= 0.6 is 0 Å². The average Bonchev–Trinajstić information content (AvgIpc) is 3.77. The zero-order chi connectivity index (χ0) is 33.0. The molecule has 234 valence electrons. The number of furan rings is 2. The fraction of sp³-hybridized carbons (Fsp3) is 0. The van der Waals surface area contributed by atoms with Crippen molar-refractivity contribution in [2.45, 2.75) is 0 Å². The van der Waals surface area contributed by atoms with Gasteiger partial charge in [0.05, 0.1) is 0 Å². The van der Waals surface area contributed by atoms with Gasteiger partial charge in [-0.1, -0.05) is 133 Å². The Hall–Kier alpha value is -6.85. The van der Waals surface area contributed by atoms with Gasteiger partial charge in [-0.15, -0.1) is 0 Å². The number of fused-ring (bicyclic) bond motifs is 6. The molecule has 0 radical (unpaired) electrons. The van der Waals surface area contributed by atoms with Crippen molar-refractivity contribution in [1.82, 2.24) is 15.0 Å². The van der Waals surface area contributed by atoms with E-state index in [1.807, 2.05) is 91.0 Å². The quantitative estimate of drug-likeness (QED) is 0.187. The Labute approximate surface area is 287 Å². The van der Waals surface area contributed by atoms with Crippen molar-refractivity contribution in [3.8, 4) is 56.4 Å². The molecule has 0 saturated heterocycles. The summed E-state index contributed by atoms with van der Waals surface area (Å²) < 4.78 is 12.7. The maximum Gasteiger partial charge on any atom is 0.164 e. The van der Waals surface area contributed by atoms with E-state index >= 15 is 0 Å². The Morgan fingerprint density at radius 3 is 1.52 bits per heavy atom. The number of nitrogens with zero attached hydrogens (tertiary/aromatic N) is 3. The first-order valence-electron chi connectivity index (χ1n) is 16.6. The third kappa shape index (κ3) is 4.60. The largest absolute Gasteiger partial charge is 0.456 e. The second-order valence-corrected chi connectivity index (χ2v) is 12.4. The van der Waals surface area contributed by atoms with E-state index in [-0.39, 0.29) is 0 Å². The van der Waals surface area contributed by atoms with Crippen LogP contribution in [0.15, 0.2) is 173 Å². The number of aromatic nitrogens is 3. The van der Waals surface area contributed by atoms with Gasteiger partial charge in [0.25, 0.3) is 0 Å². The van der Waals surface area contributed by atoms with Crippen molar-refractivity contribution < 1.29 is 8.83 Å². The monoisotopic (exact) mass is 641 g/mol. The predicted octanol–water partition coefficient (Wildman–Crippen LogP) is 12.0. The molecule has 50 heavy (non-hydrogen) atoms. The van der Waals surface area contributed by atoms with E-state index in [1.54, 1.807) is 0 Å². The van der Waals surface area contributed by atoms with E-state index in [0.29, 0.717) is 17.5 Å². The van der Waals surface area contributed by atoms with Gasteiger partial charge < -0.3 is 8.83 Å². The van der Waals surface area contributed by atoms with Crippen LogP contribution in [0.2, 0.25) is 0 Å². The molecule has 10 rings (SSSR count). The van der Waals surface area contributed by atoms with Gasteiger partial charge in [0.2, 0.25) is 0 Å². The third-order valence-corrected chi connectivity index (χ3v) is 9.38. The van der Waals surface area contributed by atoms with Crippen LogP contribution in [0.3, 0.4) is 0 Å². The molecule has 0 saturated carbocycles. The molecule has 0 aliphatic rings. The summed E-state index contributed by atoms with van der Waals surface area (Å²) in [6.45, 7) is 0. The Kier molecular flexibility index (Phi) is 6.42. The van der Waals surface area contributed by atoms with Crippen LogP contribution in [-0.2, 0) is 0 Å². The Morgan fingerprint density at radius 1 is 0.300 bits per heavy atom. The summed E-state index contributed by atoms with van der Waals surface area (Å²) in [5.74, 6) is 1.79. The molecule has 5 heteroatoms. The minimum Gasteiger partial charge on any atom is -0.456 e. The van der Waals surface area contributed by atoms with E-state index in [9.17, 15) is 0 Å². The molecule has 0 unspecified atom stereocenters. The zero-order valence-electron chi connectivity index (χ0n) is 26.7. The van der Waals surface area contributed by atoms with Gasteiger partial charge in [-0.25, -0.2) is 15.0 Å². The number of benzene rings is 7. The predicted molar refractivity (Wildman–Crippen MR) is 202 cm³/mol. The third-order valence-electron chi connectivity index (χ3n) is 9.38. The van der Waals surface area contributed by atoms with Crippen LogP contribution in [0.25, 0.3) is 100 Å². The summed E-state index contributed by atoms with van der Waals surface area (Å²) in [4.78, 5) is 15.2. The minimum absolute atomic E-state index is 0.587. The lowest BCUT2D eigenvalue weighted by molar-refractivity contribution is 0.669. The molecule has 0 spiro atoms. The van der Waals surface area contributed by atoms with Crippen molar-refractivity contribution in [2.24, 2.45) is 0 Å². The molecular formula is C45H27N3O2. The summed E-state index contributed by atoms with van der Waals surface area (Å²) in [7, 11) is 0. The topological polar surface area (TPSA) is 65.0 Å². The van der Waals surface area contributed by atoms with Gasteiger partial charge in [-0.3, -0.25) is 0 Å². The SMILES string of the molecule is c1ccc(-c2nc(-c3ccc(-c4cccc5oc6ccccc6c45)cc3)nc(-c3ccc(-c4ccccc4)c4oc5ccccc5c34)n2)cc1. The molecular weight excluding hydrogens is 615 g/mol. The van der Waals surface area contributed by atoms with Gasteiger partial charge in [0.15, 0.2) is 17.5 Å². The van der Waals surface area contributed by atoms with E-state index in [1.165, 1.54) is 0 Å². The van der Waals surface area contributed by atoms with Crippen molar-refractivity contribution in [3.63, 3.8) is 0 Å². The number of hydrogen-bond donors (Lipinski definition) is 0. The molecule has 3 heterocycles. The summed E-state index contributed by atoms with van der Waals surface area (Å²) >= 11 is 0. The molecule has 0 amide bonds. The molecule has 7 aromatic carbocycles. The van der Waals surface area contributed by atoms with E-state index < -0.39 is 0 Å². The second-order valence-electron chi connectivity index (χ2n) is 12.4. The Bertz CT molecular complexity index is 2850. The standard InChI is InChI=1S/C45H27N3O2/c1-3-12-28(13-4-1)33-26-27-36(41-35-17-8-10-20-38(35)50-42(33)41)45-47-43(30-14-5-2-6-15-30)46-44(48-45)31-24-22-29(23-25-31)32-18-11-21-39-40(32)34-16-7-9-19-37(34)49-39/h1-27H. The first-order valence-corrected chi connectivity index (χ1v) is 16.6. The van der Waals surface area contributed by atoms with Crippen LogP contribution in [0.4, 0.5) is 0 Å². The number of hydrogen-bond acceptors (Lipinski definition) is 5. The van der Waals surface area contributed by atoms with Gasteiger partial charge in [0, 0.05) is 43.8 Å². The highest BCUT2D eigenvalue weighted by molar-refractivity contribution is 6.16. The molecule has 5 nitrogen and oxygen atoms in total. The lowest BCUT2D eigenvalue weighted by atomic mass is 9.97. The highest BCUT2D eigenvalue weighted by atomic mass is 16.3. The highest BCUT2D eigenvalue weighted by Gasteiger charge is 2.21. The highest BCUT2D eigenvalue weighted by Crippen LogP contribution is 2.42. The molecule has 0 fully saturated rings. The Morgan fingerprint density at radius 2 is 0.800 bits per heavy atom. The first-order chi connectivity index (χ1) is 24.8. The van der Waals surface area contributed by atoms with Crippen LogP contribution in [0, 0.1) is 0 Å². The van der Waals surface area contributed by atoms with E-state index in [4.69, 9.17) is 23.8 Å². The van der Waals surface area contributed by atoms with Crippen molar-refractivity contribution >= 4 is 43.9 Å². The van der Waals surface area contributed by atoms with Crippen molar-refractivity contribution in [1.29, 1.82) is 0 Å². The van der Waals surface area contributed by atoms with Crippen LogP contribution < -0.4 is 0 Å². The van der Waals surface area contributed by atoms with Crippen LogP contribution in [-0.4, -0.2) is 15.0 Å². The zero-order valence-corrected chi connectivity index (χ0v) is 26.7. The second kappa shape index (κ2) is 11.4. The first kappa shape index (κ1) is 28.2. The van der Waals surface area contributed by atoms with Crippen LogP contribution in [0.1, 0.15) is 0 Å². The maximum absolute atomic E-state index is 6.56. The van der Waals surface area contributed by atoms with Crippen molar-refractivity contribution in [3.05, 3.63) is 164 Å². The minimum atomic E-state index is 0.587. The van der Waals surface area contributed by atoms with Gasteiger partial charge >= 0.3 is 0 Å². The van der Waals surface area contributed by atoms with Gasteiger partial charge in [0.1, 0.15) is 22.3 Å². The van der Waals surface area contributed by atoms with E-state index in [2.05, 4.69) is 72.8 Å². The smallest absolute Gasteiger partial charge is 0.164 e. The fourth-order valence-corrected chi connectivity index (χ4v) is 7.02. The average molecular weight is 642 g/mol. The normalized spacial score (nSPS) is 11.6. The van der Waals surface area contributed by atoms with Gasteiger partial charge in [-0.05, 0) is 47.0 Å². The van der Waals surface area contributed by atoms with Crippen molar-refractivity contribution in [2.75, 3.05) is 0 Å². The molecule has 0 aliphatic carbocycles. The summed E-state index contributed by atoms with van der Waals surface area (Å²) in [5.41, 5.74) is 10.4. The molecule has 10 aromatic rings. The molecule has 0 aliphatic heterocycles. The summed E-state index contributed by atoms with van der Waals surface area (Å²) in [5, 5.41) is 4.21. The fourth-order valence-electron chi connectivity index (χ4n) is 7.02. The molecule has 0 N–H and O–H groups in total. The maximum atomic E-state index is 6.56. The summed E-state index contributed by atoms with van der Waals surface area (Å²) in [6.07, 6.45) is 0. The van der Waals surface area contributed by atoms with Crippen LogP contribution in [0.5, 0.6) is 0 Å². The summed E-state index contributed by atoms with van der Waals surface area (Å²) in [6, 6.07) is 55.6. The molecule has 0 atom stereocenters. The number of para-hydroxylation sites is 2. The molecule has 0 bridgehead atoms.